The molecule has 0 aliphatic carbocycles. The molecular weight excluding hydrogens is 385 g/mol. The lowest BCUT2D eigenvalue weighted by atomic mass is 10.1. The predicted molar refractivity (Wildman–Crippen MR) is 101 cm³/mol. The van der Waals surface area contributed by atoms with Gasteiger partial charge in [-0.25, -0.2) is 4.79 Å². The summed E-state index contributed by atoms with van der Waals surface area (Å²) in [5.41, 5.74) is 0.460. The quantitative estimate of drug-likeness (QED) is 0.518. The molecule has 0 aromatic heterocycles. The van der Waals surface area contributed by atoms with Gasteiger partial charge >= 0.3 is 12.1 Å². The zero-order chi connectivity index (χ0) is 21.0. The van der Waals surface area contributed by atoms with E-state index in [0.717, 1.165) is 18.6 Å². The average molecular weight is 404 g/mol. The summed E-state index contributed by atoms with van der Waals surface area (Å²) in [5, 5.41) is 3.74. The van der Waals surface area contributed by atoms with Crippen LogP contribution in [0.3, 0.4) is 0 Å². The monoisotopic (exact) mass is 404 g/mol. The molecule has 0 atom stereocenters. The predicted octanol–water partition coefficient (Wildman–Crippen LogP) is 4.69. The third kappa shape index (κ3) is 4.64. The van der Waals surface area contributed by atoms with Crippen LogP contribution in [0.2, 0.25) is 0 Å². The molecule has 1 heterocycles. The van der Waals surface area contributed by atoms with Crippen molar-refractivity contribution in [3.63, 3.8) is 0 Å². The lowest BCUT2D eigenvalue weighted by molar-refractivity contribution is -0.143. The highest BCUT2D eigenvalue weighted by atomic mass is 19.4. The lowest BCUT2D eigenvalue weighted by Crippen LogP contribution is -2.30. The van der Waals surface area contributed by atoms with Crippen molar-refractivity contribution in [3.05, 3.63) is 65.2 Å². The van der Waals surface area contributed by atoms with Gasteiger partial charge in [0.2, 0.25) is 0 Å². The maximum atomic E-state index is 13.0. The summed E-state index contributed by atoms with van der Waals surface area (Å²) in [6.45, 7) is 1.87. The maximum absolute atomic E-state index is 13.0. The topological polar surface area (TPSA) is 59.0 Å². The number of oxime groups is 1. The van der Waals surface area contributed by atoms with Crippen molar-refractivity contribution in [2.75, 3.05) is 4.90 Å². The minimum Gasteiger partial charge on any atom is -0.317 e. The van der Waals surface area contributed by atoms with Gasteiger partial charge in [0, 0.05) is 12.0 Å². The molecule has 29 heavy (non-hydrogen) atoms. The van der Waals surface area contributed by atoms with E-state index in [-0.39, 0.29) is 18.7 Å². The van der Waals surface area contributed by atoms with Gasteiger partial charge < -0.3 is 9.74 Å². The van der Waals surface area contributed by atoms with Crippen molar-refractivity contribution >= 4 is 23.3 Å². The number of carbonyl (C=O) groups excluding carboxylic acids is 2. The largest absolute Gasteiger partial charge is 0.416 e. The number of fused-ring (bicyclic) bond motifs is 1. The third-order valence-corrected chi connectivity index (χ3v) is 4.47. The number of halogens is 3. The van der Waals surface area contributed by atoms with Crippen LogP contribution < -0.4 is 4.90 Å². The number of nitrogens with zero attached hydrogens (tertiary/aromatic N) is 2. The van der Waals surface area contributed by atoms with Gasteiger partial charge in [-0.3, -0.25) is 4.79 Å². The molecule has 2 aromatic carbocycles. The van der Waals surface area contributed by atoms with Gasteiger partial charge in [0.15, 0.2) is 5.71 Å². The van der Waals surface area contributed by atoms with Crippen molar-refractivity contribution in [1.29, 1.82) is 0 Å². The molecule has 3 rings (SSSR count). The summed E-state index contributed by atoms with van der Waals surface area (Å²) in [4.78, 5) is 30.8. The molecule has 1 aliphatic rings. The molecule has 5 nitrogen and oxygen atoms in total. The van der Waals surface area contributed by atoms with Crippen LogP contribution in [0.1, 0.15) is 42.9 Å². The standard InChI is InChI=1S/C21H19F3N2O3/c1-2-3-11-18(27)29-25-19-16-9-4-5-10-17(16)26(20(19)28)13-14-7-6-8-15(12-14)21(22,23)24/h4-10,12H,2-3,11,13H2,1H3. The molecular formula is C21H19F3N2O3. The fraction of sp³-hybridized carbons (Fsp3) is 0.286. The summed E-state index contributed by atoms with van der Waals surface area (Å²) < 4.78 is 38.9. The third-order valence-electron chi connectivity index (χ3n) is 4.47. The minimum atomic E-state index is -4.47. The van der Waals surface area contributed by atoms with Crippen LogP contribution in [0, 0.1) is 0 Å². The molecule has 0 saturated heterocycles. The molecule has 1 amide bonds. The Hall–Kier alpha value is -3.16. The molecule has 8 heteroatoms. The number of amides is 1. The second kappa shape index (κ2) is 8.46. The first-order valence-corrected chi connectivity index (χ1v) is 9.16. The number of rotatable bonds is 6. The van der Waals surface area contributed by atoms with E-state index in [2.05, 4.69) is 5.16 Å². The van der Waals surface area contributed by atoms with E-state index in [4.69, 9.17) is 4.84 Å². The van der Waals surface area contributed by atoms with Crippen molar-refractivity contribution in [2.24, 2.45) is 5.16 Å². The van der Waals surface area contributed by atoms with E-state index < -0.39 is 23.6 Å². The Bertz CT molecular complexity index is 954. The number of hydrogen-bond donors (Lipinski definition) is 0. The molecule has 1 aliphatic heterocycles. The summed E-state index contributed by atoms with van der Waals surface area (Å²) in [5.74, 6) is -1.08. The van der Waals surface area contributed by atoms with Crippen LogP contribution in [-0.2, 0) is 27.1 Å². The van der Waals surface area contributed by atoms with Crippen molar-refractivity contribution in [1.82, 2.24) is 0 Å². The molecule has 0 fully saturated rings. The molecule has 0 saturated carbocycles. The van der Waals surface area contributed by atoms with Crippen molar-refractivity contribution in [3.8, 4) is 0 Å². The summed E-state index contributed by atoms with van der Waals surface area (Å²) in [6.07, 6.45) is -2.81. The smallest absolute Gasteiger partial charge is 0.317 e. The molecule has 0 radical (unpaired) electrons. The highest BCUT2D eigenvalue weighted by molar-refractivity contribution is 6.54. The van der Waals surface area contributed by atoms with Gasteiger partial charge in [0.1, 0.15) is 0 Å². The van der Waals surface area contributed by atoms with E-state index in [9.17, 15) is 22.8 Å². The Kier molecular flexibility index (Phi) is 6.00. The van der Waals surface area contributed by atoms with Crippen LogP contribution in [-0.4, -0.2) is 17.6 Å². The summed E-state index contributed by atoms with van der Waals surface area (Å²) in [6, 6.07) is 11.5. The average Bonchev–Trinajstić information content (AvgIpc) is 2.96. The van der Waals surface area contributed by atoms with Gasteiger partial charge in [-0.2, -0.15) is 13.2 Å². The van der Waals surface area contributed by atoms with E-state index in [1.54, 1.807) is 24.3 Å². The normalized spacial score (nSPS) is 15.0. The molecule has 0 unspecified atom stereocenters. The second-order valence-corrected chi connectivity index (χ2v) is 6.61. The van der Waals surface area contributed by atoms with E-state index in [1.807, 2.05) is 6.92 Å². The van der Waals surface area contributed by atoms with Gasteiger partial charge in [-0.1, -0.05) is 48.8 Å². The number of unbranched alkanes of at least 4 members (excludes halogenated alkanes) is 1. The highest BCUT2D eigenvalue weighted by Gasteiger charge is 2.35. The van der Waals surface area contributed by atoms with Gasteiger partial charge in [0.25, 0.3) is 5.91 Å². The zero-order valence-corrected chi connectivity index (χ0v) is 15.7. The highest BCUT2D eigenvalue weighted by Crippen LogP contribution is 2.33. The summed E-state index contributed by atoms with van der Waals surface area (Å²) in [7, 11) is 0. The Labute approximate surface area is 165 Å². The number of carbonyl (C=O) groups is 2. The number of hydrogen-bond acceptors (Lipinski definition) is 4. The van der Waals surface area contributed by atoms with Crippen LogP contribution in [0.4, 0.5) is 18.9 Å². The number of para-hydroxylation sites is 1. The molecule has 0 bridgehead atoms. The Morgan fingerprint density at radius 3 is 2.62 bits per heavy atom. The fourth-order valence-corrected chi connectivity index (χ4v) is 3.00. The first-order valence-electron chi connectivity index (χ1n) is 9.16. The Balaban J connectivity index is 1.86. The van der Waals surface area contributed by atoms with Crippen LogP contribution >= 0.6 is 0 Å². The van der Waals surface area contributed by atoms with Crippen LogP contribution in [0.5, 0.6) is 0 Å². The lowest BCUT2D eigenvalue weighted by Gasteiger charge is -2.17. The van der Waals surface area contributed by atoms with Crippen molar-refractivity contribution in [2.45, 2.75) is 38.9 Å². The summed E-state index contributed by atoms with van der Waals surface area (Å²) >= 11 is 0. The van der Waals surface area contributed by atoms with Crippen molar-refractivity contribution < 1.29 is 27.6 Å². The van der Waals surface area contributed by atoms with Crippen LogP contribution in [0.25, 0.3) is 0 Å². The maximum Gasteiger partial charge on any atom is 0.416 e. The van der Waals surface area contributed by atoms with E-state index in [1.165, 1.54) is 17.0 Å². The van der Waals surface area contributed by atoms with Gasteiger partial charge in [-0.15, -0.1) is 0 Å². The fourth-order valence-electron chi connectivity index (χ4n) is 3.00. The number of anilines is 1. The van der Waals surface area contributed by atoms with Gasteiger partial charge in [-0.05, 0) is 30.2 Å². The van der Waals surface area contributed by atoms with Crippen LogP contribution in [0.15, 0.2) is 53.7 Å². The Morgan fingerprint density at radius 1 is 1.14 bits per heavy atom. The molecule has 0 N–H and O–H groups in total. The molecule has 152 valence electrons. The van der Waals surface area contributed by atoms with Gasteiger partial charge in [0.05, 0.1) is 17.8 Å². The number of benzene rings is 2. The second-order valence-electron chi connectivity index (χ2n) is 6.61. The number of alkyl halides is 3. The molecule has 2 aromatic rings. The van der Waals surface area contributed by atoms with E-state index in [0.29, 0.717) is 23.2 Å². The zero-order valence-electron chi connectivity index (χ0n) is 15.7. The SMILES string of the molecule is CCCCC(=O)ON=C1C(=O)N(Cc2cccc(C(F)(F)F)c2)c2ccccc21. The Morgan fingerprint density at radius 2 is 1.90 bits per heavy atom. The first kappa shape index (κ1) is 20.6. The first-order chi connectivity index (χ1) is 13.8. The van der Waals surface area contributed by atoms with E-state index >= 15 is 0 Å². The molecule has 0 spiro atoms. The minimum absolute atomic E-state index is 0.0441.